The van der Waals surface area contributed by atoms with Gasteiger partial charge in [-0.3, -0.25) is 19.6 Å². The van der Waals surface area contributed by atoms with E-state index >= 15 is 0 Å². The van der Waals surface area contributed by atoms with Crippen molar-refractivity contribution in [3.63, 3.8) is 0 Å². The lowest BCUT2D eigenvalue weighted by molar-refractivity contribution is -0.156. The lowest BCUT2D eigenvalue weighted by Gasteiger charge is -2.35. The number of amides is 2. The molecule has 0 saturated carbocycles. The number of ether oxygens (including phenoxy) is 3. The molecule has 1 aromatic heterocycles. The quantitative estimate of drug-likeness (QED) is 0.0207. The van der Waals surface area contributed by atoms with Crippen LogP contribution in [0.1, 0.15) is 82.3 Å². The Bertz CT molecular complexity index is 2200. The minimum absolute atomic E-state index is 0.152. The minimum atomic E-state index is -1.46. The van der Waals surface area contributed by atoms with E-state index in [0.29, 0.717) is 35.3 Å². The summed E-state index contributed by atoms with van der Waals surface area (Å²) in [7, 11) is -1.46. The highest BCUT2D eigenvalue weighted by molar-refractivity contribution is 8.14. The fourth-order valence-electron chi connectivity index (χ4n) is 7.10. The average Bonchev–Trinajstić information content (AvgIpc) is 3.69. The first-order chi connectivity index (χ1) is 31.3. The summed E-state index contributed by atoms with van der Waals surface area (Å²) in [5, 5.41) is 6.30. The van der Waals surface area contributed by atoms with Gasteiger partial charge in [0.1, 0.15) is 23.3 Å². The normalized spacial score (nSPS) is 16.3. The van der Waals surface area contributed by atoms with Gasteiger partial charge in [0.2, 0.25) is 5.91 Å². The third-order valence-corrected chi connectivity index (χ3v) is 15.2. The van der Waals surface area contributed by atoms with Gasteiger partial charge < -0.3 is 24.8 Å². The van der Waals surface area contributed by atoms with Crippen LogP contribution in [-0.2, 0) is 39.9 Å². The fourth-order valence-corrected chi connectivity index (χ4v) is 10.5. The van der Waals surface area contributed by atoms with E-state index < -0.39 is 60.0 Å². The molecule has 0 bridgehead atoms. The Kier molecular flexibility index (Phi) is 18.5. The van der Waals surface area contributed by atoms with Gasteiger partial charge in [0.25, 0.3) is 0 Å². The predicted octanol–water partition coefficient (Wildman–Crippen LogP) is 10.4. The summed E-state index contributed by atoms with van der Waals surface area (Å²) in [5.41, 5.74) is 3.02. The zero-order valence-electron chi connectivity index (χ0n) is 39.8. The lowest BCUT2D eigenvalue weighted by Crippen LogP contribution is -2.53. The summed E-state index contributed by atoms with van der Waals surface area (Å²) in [6.07, 6.45) is 4.35. The number of alkyl carbamates (subject to hydrolysis) is 1. The molecule has 2 amide bonds. The molecule has 0 saturated heterocycles. The van der Waals surface area contributed by atoms with E-state index in [4.69, 9.17) is 19.2 Å². The first-order valence-electron chi connectivity index (χ1n) is 22.6. The molecule has 4 aromatic rings. The molecule has 3 atom stereocenters. The predicted molar refractivity (Wildman–Crippen MR) is 271 cm³/mol. The summed E-state index contributed by atoms with van der Waals surface area (Å²) in [6.45, 7) is 17.9. The molecule has 2 heterocycles. The number of thioether (sulfide) groups is 2. The van der Waals surface area contributed by atoms with Crippen LogP contribution in [0, 0.1) is 5.92 Å². The van der Waals surface area contributed by atoms with E-state index in [1.807, 2.05) is 56.0 Å². The van der Waals surface area contributed by atoms with Crippen LogP contribution in [0.5, 0.6) is 0 Å². The van der Waals surface area contributed by atoms with Crippen molar-refractivity contribution in [2.24, 2.45) is 10.9 Å². The standard InChI is InChI=1S/C52H66N4O7S2Si/c1-37(2)45(55-48(59)51(6)36-64-46(56-51)38-28-29-53-42(33-38)35-54-49(60)63-50(3,4)5)47(58)62-43(34-44(57)61-30-32-66(7,8)9)27-19-20-31-65-52(39-21-13-10-14-22-39,40-23-15-11-16-24-40)41-25-17-12-18-26-41/h10-19,21-29,33,37,43,45H,20,30-32,34-36H2,1-9H3,(H,54,60)(H,55,59)/b27-19+. The fraction of sp³-hybridized carbons (Fsp3) is 0.423. The summed E-state index contributed by atoms with van der Waals surface area (Å²) >= 11 is 3.25. The van der Waals surface area contributed by atoms with E-state index in [0.717, 1.165) is 28.3 Å². The lowest BCUT2D eigenvalue weighted by atomic mass is 9.84. The van der Waals surface area contributed by atoms with Crippen molar-refractivity contribution in [1.29, 1.82) is 0 Å². The number of nitrogens with zero attached hydrogens (tertiary/aromatic N) is 2. The number of nitrogens with one attached hydrogen (secondary N) is 2. The summed E-state index contributed by atoms with van der Waals surface area (Å²) in [6, 6.07) is 34.9. The van der Waals surface area contributed by atoms with Gasteiger partial charge in [-0.05, 0) is 86.7 Å². The molecular weight excluding hydrogens is 885 g/mol. The van der Waals surface area contributed by atoms with Crippen LogP contribution >= 0.6 is 23.5 Å². The van der Waals surface area contributed by atoms with Crippen LogP contribution in [0.25, 0.3) is 0 Å². The molecule has 14 heteroatoms. The molecule has 0 fully saturated rings. The number of aromatic nitrogens is 1. The van der Waals surface area contributed by atoms with Gasteiger partial charge in [0, 0.05) is 25.6 Å². The van der Waals surface area contributed by atoms with Gasteiger partial charge in [0.15, 0.2) is 0 Å². The maximum absolute atomic E-state index is 14.1. The van der Waals surface area contributed by atoms with Crippen LogP contribution in [-0.4, -0.2) is 83.4 Å². The Hall–Kier alpha value is -5.18. The molecule has 5 rings (SSSR count). The second-order valence-electron chi connectivity index (χ2n) is 19.1. The van der Waals surface area contributed by atoms with Crippen LogP contribution in [0.3, 0.4) is 0 Å². The highest BCUT2D eigenvalue weighted by Gasteiger charge is 2.42. The van der Waals surface area contributed by atoms with Crippen LogP contribution in [0.4, 0.5) is 4.79 Å². The SMILES string of the molecule is CC(C)C(NC(=O)C1(C)CSC(c2ccnc(CNC(=O)OC(C)(C)C)c2)=N1)C(=O)OC(/C=C/CCSC(c1ccccc1)(c1ccccc1)c1ccccc1)CC(=O)OCC[Si](C)(C)C. The van der Waals surface area contributed by atoms with E-state index in [-0.39, 0.29) is 18.9 Å². The third kappa shape index (κ3) is 15.2. The van der Waals surface area contributed by atoms with Crippen LogP contribution in [0.15, 0.2) is 126 Å². The van der Waals surface area contributed by atoms with Crippen molar-refractivity contribution in [1.82, 2.24) is 15.6 Å². The minimum Gasteiger partial charge on any atom is -0.466 e. The number of aliphatic imine (C=N–C) groups is 1. The van der Waals surface area contributed by atoms with E-state index in [1.165, 1.54) is 11.8 Å². The largest absolute Gasteiger partial charge is 0.466 e. The first-order valence-corrected chi connectivity index (χ1v) is 28.2. The molecule has 1 aliphatic rings. The number of benzene rings is 3. The second kappa shape index (κ2) is 23.5. The third-order valence-electron chi connectivity index (χ3n) is 10.7. The van der Waals surface area contributed by atoms with E-state index in [9.17, 15) is 19.2 Å². The van der Waals surface area contributed by atoms with E-state index in [1.54, 1.807) is 46.0 Å². The van der Waals surface area contributed by atoms with Gasteiger partial charge in [-0.1, -0.05) is 131 Å². The second-order valence-corrected chi connectivity index (χ2v) is 27.0. The monoisotopic (exact) mass is 950 g/mol. The number of carbonyl (C=O) groups is 4. The van der Waals surface area contributed by atoms with E-state index in [2.05, 4.69) is 108 Å². The number of hydrogen-bond donors (Lipinski definition) is 2. The van der Waals surface area contributed by atoms with Crippen molar-refractivity contribution in [3.05, 3.63) is 149 Å². The van der Waals surface area contributed by atoms with Gasteiger partial charge in [-0.25, -0.2) is 9.59 Å². The Labute approximate surface area is 400 Å². The number of hydrogen-bond acceptors (Lipinski definition) is 11. The summed E-state index contributed by atoms with van der Waals surface area (Å²) in [5.74, 6) is -0.810. The zero-order chi connectivity index (χ0) is 48.0. The number of allylic oxidation sites excluding steroid dienone is 1. The summed E-state index contributed by atoms with van der Waals surface area (Å²) in [4.78, 5) is 62.8. The first kappa shape index (κ1) is 51.8. The molecule has 0 spiro atoms. The van der Waals surface area contributed by atoms with Gasteiger partial charge in [-0.2, -0.15) is 0 Å². The van der Waals surface area contributed by atoms with Gasteiger partial charge >= 0.3 is 18.0 Å². The topological polar surface area (TPSA) is 145 Å². The van der Waals surface area contributed by atoms with Crippen molar-refractivity contribution < 1.29 is 33.4 Å². The summed E-state index contributed by atoms with van der Waals surface area (Å²) < 4.78 is 16.6. The molecule has 0 radical (unpaired) electrons. The van der Waals surface area contributed by atoms with Crippen molar-refractivity contribution in [2.75, 3.05) is 18.1 Å². The number of carbonyl (C=O) groups excluding carboxylic acids is 4. The number of esters is 2. The van der Waals surface area contributed by atoms with Gasteiger partial charge in [0.05, 0.1) is 35.1 Å². The highest BCUT2D eigenvalue weighted by atomic mass is 32.2. The smallest absolute Gasteiger partial charge is 0.407 e. The molecule has 11 nitrogen and oxygen atoms in total. The van der Waals surface area contributed by atoms with Crippen LogP contribution < -0.4 is 10.6 Å². The Morgan fingerprint density at radius 1 is 0.894 bits per heavy atom. The highest BCUT2D eigenvalue weighted by Crippen LogP contribution is 2.48. The molecule has 2 N–H and O–H groups in total. The maximum atomic E-state index is 14.1. The van der Waals surface area contributed by atoms with Crippen molar-refractivity contribution in [3.8, 4) is 0 Å². The molecule has 3 unspecified atom stereocenters. The molecule has 1 aliphatic heterocycles. The Balaban J connectivity index is 1.30. The molecule has 66 heavy (non-hydrogen) atoms. The van der Waals surface area contributed by atoms with Gasteiger partial charge in [-0.15, -0.1) is 23.5 Å². The van der Waals surface area contributed by atoms with Crippen LogP contribution in [0.2, 0.25) is 25.7 Å². The number of pyridine rings is 1. The Morgan fingerprint density at radius 3 is 2.03 bits per heavy atom. The maximum Gasteiger partial charge on any atom is 0.407 e. The van der Waals surface area contributed by atoms with Crippen molar-refractivity contribution in [2.45, 2.75) is 115 Å². The Morgan fingerprint density at radius 2 is 1.48 bits per heavy atom. The average molecular weight is 951 g/mol. The zero-order valence-corrected chi connectivity index (χ0v) is 42.4. The molecule has 3 aromatic carbocycles. The molecule has 0 aliphatic carbocycles. The number of rotatable bonds is 21. The van der Waals surface area contributed by atoms with Crippen molar-refractivity contribution >= 4 is 60.6 Å². The molecule has 352 valence electrons. The molecular formula is C52H66N4O7S2Si.